The second-order valence-electron chi connectivity index (χ2n) is 7.55. The molecule has 36 heavy (non-hydrogen) atoms. The van der Waals surface area contributed by atoms with Crippen molar-refractivity contribution >= 4 is 39.3 Å². The van der Waals surface area contributed by atoms with Crippen LogP contribution < -0.4 is 10.5 Å². The number of allylic oxidation sites excluding steroid dienone is 6. The van der Waals surface area contributed by atoms with Crippen molar-refractivity contribution in [3.8, 4) is 5.75 Å². The number of nitrogens with zero attached hydrogens (tertiary/aromatic N) is 1. The number of alkyl halides is 1. The molecule has 1 amide bonds. The topological polar surface area (TPSA) is 112 Å². The van der Waals surface area contributed by atoms with Crippen molar-refractivity contribution in [3.63, 3.8) is 0 Å². The molecule has 1 aliphatic rings. The molecule has 2 aromatic carbocycles. The van der Waals surface area contributed by atoms with E-state index in [4.69, 9.17) is 10.5 Å². The Morgan fingerprint density at radius 2 is 1.83 bits per heavy atom. The number of ether oxygens (including phenoxy) is 1. The number of amides is 1. The summed E-state index contributed by atoms with van der Waals surface area (Å²) in [6.45, 7) is 5.63. The summed E-state index contributed by atoms with van der Waals surface area (Å²) in [7, 11) is 0.500. The molecule has 0 bridgehead atoms. The molecule has 0 saturated carbocycles. The van der Waals surface area contributed by atoms with Crippen LogP contribution >= 0.6 is 0 Å². The number of rotatable bonds is 7. The van der Waals surface area contributed by atoms with Crippen LogP contribution in [0.25, 0.3) is 21.7 Å². The lowest BCUT2D eigenvalue weighted by Crippen LogP contribution is -2.24. The molecule has 0 radical (unpaired) electrons. The summed E-state index contributed by atoms with van der Waals surface area (Å²) in [6, 6.07) is 9.27. The molecule has 0 fully saturated rings. The average molecular weight is 495 g/mol. The number of nitrogens with two attached hydrogens (primary N) is 1. The lowest BCUT2D eigenvalue weighted by molar-refractivity contribution is -0.139. The van der Waals surface area contributed by atoms with Crippen molar-refractivity contribution in [2.45, 2.75) is 33.7 Å². The van der Waals surface area contributed by atoms with Gasteiger partial charge in [0.1, 0.15) is 5.75 Å². The maximum Gasteiger partial charge on any atom is 0.341 e. The summed E-state index contributed by atoms with van der Waals surface area (Å²) in [5, 5.41) is 11.1. The molecule has 190 valence electrons. The van der Waals surface area contributed by atoms with Gasteiger partial charge in [-0.15, -0.1) is 0 Å². The minimum atomic E-state index is -1.15. The van der Waals surface area contributed by atoms with Crippen LogP contribution in [-0.4, -0.2) is 41.1 Å². The summed E-state index contributed by atoms with van der Waals surface area (Å²) in [5.41, 5.74) is 7.76. The van der Waals surface area contributed by atoms with Gasteiger partial charge in [0, 0.05) is 17.6 Å². The molecule has 0 aliphatic heterocycles. The van der Waals surface area contributed by atoms with Crippen LogP contribution in [0, 0.1) is 6.92 Å². The normalized spacial score (nSPS) is 12.1. The maximum absolute atomic E-state index is 12.9. The van der Waals surface area contributed by atoms with E-state index >= 15 is 0 Å². The van der Waals surface area contributed by atoms with Crippen molar-refractivity contribution in [3.05, 3.63) is 77.5 Å². The van der Waals surface area contributed by atoms with Crippen molar-refractivity contribution in [2.24, 2.45) is 5.73 Å². The highest BCUT2D eigenvalue weighted by Crippen LogP contribution is 2.40. The van der Waals surface area contributed by atoms with Crippen LogP contribution in [0.5, 0.6) is 5.75 Å². The summed E-state index contributed by atoms with van der Waals surface area (Å²) in [6.07, 6.45) is 10.8. The fourth-order valence-corrected chi connectivity index (χ4v) is 4.06. The summed E-state index contributed by atoms with van der Waals surface area (Å²) >= 11 is 0. The van der Waals surface area contributed by atoms with Gasteiger partial charge in [-0.05, 0) is 30.4 Å². The van der Waals surface area contributed by atoms with Crippen LogP contribution in [0.15, 0.2) is 66.3 Å². The molecule has 0 saturated heterocycles. The Balaban J connectivity index is 0.00000109. The Morgan fingerprint density at radius 3 is 2.50 bits per heavy atom. The number of ketones is 1. The van der Waals surface area contributed by atoms with E-state index in [0.29, 0.717) is 35.7 Å². The minimum absolute atomic E-state index is 0.134. The van der Waals surface area contributed by atoms with Gasteiger partial charge < -0.3 is 20.1 Å². The molecule has 8 heteroatoms. The maximum atomic E-state index is 12.9. The number of aromatic nitrogens is 1. The molecule has 0 spiro atoms. The zero-order chi connectivity index (χ0) is 26.8. The van der Waals surface area contributed by atoms with Crippen molar-refractivity contribution in [2.75, 3.05) is 13.8 Å². The van der Waals surface area contributed by atoms with Gasteiger partial charge in [0.2, 0.25) is 0 Å². The SMILES string of the molecule is CC.CF.Cc1c(C(=O)C(N)=O)c2c(OCC(=O)O)c3ccccc3cc2n1CC1=CCC=CC=C1. The molecule has 7 nitrogen and oxygen atoms in total. The van der Waals surface area contributed by atoms with Gasteiger partial charge in [-0.25, -0.2) is 4.79 Å². The summed E-state index contributed by atoms with van der Waals surface area (Å²) in [4.78, 5) is 36.0. The number of benzene rings is 2. The fraction of sp³-hybridized carbons (Fsp3) is 0.250. The monoisotopic (exact) mass is 494 g/mol. The number of halogens is 1. The molecule has 1 aromatic heterocycles. The number of hydrogen-bond acceptors (Lipinski definition) is 4. The van der Waals surface area contributed by atoms with Gasteiger partial charge >= 0.3 is 5.97 Å². The molecule has 1 heterocycles. The van der Waals surface area contributed by atoms with Crippen LogP contribution in [0.1, 0.15) is 36.3 Å². The zero-order valence-corrected chi connectivity index (χ0v) is 20.9. The smallest absolute Gasteiger partial charge is 0.341 e. The number of carbonyl (C=O) groups excluding carboxylic acids is 2. The number of carbonyl (C=O) groups is 3. The largest absolute Gasteiger partial charge is 0.481 e. The molecule has 3 aromatic rings. The first-order chi connectivity index (χ1) is 17.4. The van der Waals surface area contributed by atoms with Gasteiger partial charge in [-0.2, -0.15) is 0 Å². The Bertz CT molecular complexity index is 1370. The first-order valence-electron chi connectivity index (χ1n) is 11.5. The first-order valence-corrected chi connectivity index (χ1v) is 11.5. The van der Waals surface area contributed by atoms with Crippen molar-refractivity contribution in [1.29, 1.82) is 0 Å². The number of carboxylic acid groups (broad SMARTS) is 1. The number of primary amides is 1. The second-order valence-corrected chi connectivity index (χ2v) is 7.55. The number of fused-ring (bicyclic) bond motifs is 2. The molecular formula is C28H31FN2O5. The number of carboxylic acids is 1. The fourth-order valence-electron chi connectivity index (χ4n) is 4.06. The lowest BCUT2D eigenvalue weighted by atomic mass is 10.0. The number of aliphatic carboxylic acids is 1. The summed E-state index contributed by atoms with van der Waals surface area (Å²) < 4.78 is 17.1. The average Bonchev–Trinajstić information content (AvgIpc) is 3.03. The lowest BCUT2D eigenvalue weighted by Gasteiger charge is -2.13. The second kappa shape index (κ2) is 13.0. The highest BCUT2D eigenvalue weighted by molar-refractivity contribution is 6.45. The predicted octanol–water partition coefficient (Wildman–Crippen LogP) is 5.29. The van der Waals surface area contributed by atoms with Crippen molar-refractivity contribution < 1.29 is 28.6 Å². The van der Waals surface area contributed by atoms with Gasteiger partial charge in [0.05, 0.1) is 23.6 Å². The van der Waals surface area contributed by atoms with Gasteiger partial charge in [0.25, 0.3) is 11.7 Å². The minimum Gasteiger partial charge on any atom is -0.481 e. The molecule has 1 aliphatic carbocycles. The van der Waals surface area contributed by atoms with Crippen LogP contribution in [0.2, 0.25) is 0 Å². The van der Waals surface area contributed by atoms with E-state index < -0.39 is 24.3 Å². The molecule has 4 rings (SSSR count). The molecular weight excluding hydrogens is 463 g/mol. The van der Waals surface area contributed by atoms with Gasteiger partial charge in [0.15, 0.2) is 6.61 Å². The van der Waals surface area contributed by atoms with Crippen molar-refractivity contribution in [1.82, 2.24) is 4.57 Å². The van der Waals surface area contributed by atoms with Gasteiger partial charge in [-0.1, -0.05) is 68.5 Å². The van der Waals surface area contributed by atoms with E-state index in [1.807, 2.05) is 60.9 Å². The zero-order valence-electron chi connectivity index (χ0n) is 20.9. The Labute approximate surface area is 209 Å². The predicted molar refractivity (Wildman–Crippen MR) is 140 cm³/mol. The van der Waals surface area contributed by atoms with E-state index in [1.165, 1.54) is 0 Å². The highest BCUT2D eigenvalue weighted by atomic mass is 19.1. The van der Waals surface area contributed by atoms with Crippen LogP contribution in [0.4, 0.5) is 4.39 Å². The Hall–Kier alpha value is -4.20. The third-order valence-electron chi connectivity index (χ3n) is 5.49. The van der Waals surface area contributed by atoms with E-state index in [9.17, 15) is 23.9 Å². The van der Waals surface area contributed by atoms with E-state index in [1.54, 1.807) is 19.1 Å². The third kappa shape index (κ3) is 5.89. The van der Waals surface area contributed by atoms with Gasteiger partial charge in [-0.3, -0.25) is 14.0 Å². The van der Waals surface area contributed by atoms with E-state index in [-0.39, 0.29) is 11.3 Å². The van der Waals surface area contributed by atoms with Crippen LogP contribution in [0.3, 0.4) is 0 Å². The van der Waals surface area contributed by atoms with Crippen LogP contribution in [-0.2, 0) is 16.1 Å². The Morgan fingerprint density at radius 1 is 1.14 bits per heavy atom. The standard InChI is InChI=1S/C25H22N2O5.C2H6.CH3F/c1-15-21(23(30)25(26)31)22-19(27(15)13-16-8-4-2-3-5-9-16)12-17-10-6-7-11-18(17)24(22)32-14-20(28)29;2*1-2/h2-4,6-12H,5,13-14H2,1H3,(H2,26,31)(H,28,29);1-2H3;1H3. The quantitative estimate of drug-likeness (QED) is 0.342. The van der Waals surface area contributed by atoms with E-state index in [2.05, 4.69) is 6.08 Å². The molecule has 0 atom stereocenters. The molecule has 3 N–H and O–H groups in total. The number of hydrogen-bond donors (Lipinski definition) is 2. The highest BCUT2D eigenvalue weighted by Gasteiger charge is 2.27. The third-order valence-corrected chi connectivity index (χ3v) is 5.49. The van der Waals surface area contributed by atoms with E-state index in [0.717, 1.165) is 17.4 Å². The first kappa shape index (κ1) is 28.0. The molecule has 0 unspecified atom stereocenters. The Kier molecular flexibility index (Phi) is 10.2. The number of Topliss-reactive ketones (excluding diaryl/α,β-unsaturated/α-hetero) is 1. The summed E-state index contributed by atoms with van der Waals surface area (Å²) in [5.74, 6) is -2.82.